The highest BCUT2D eigenvalue weighted by Crippen LogP contribution is 2.25. The zero-order valence-corrected chi connectivity index (χ0v) is 11.2. The van der Waals surface area contributed by atoms with Gasteiger partial charge < -0.3 is 14.8 Å². The standard InChI is InChI=1S/C11H17BO4S/c1-10(2,14)11(3,4)16-12(15)9-8(7-13)5-6-17-9/h5-7,14-15H,1-4H3. The molecule has 17 heavy (non-hydrogen) atoms. The van der Waals surface area contributed by atoms with Crippen LogP contribution in [-0.4, -0.2) is 34.7 Å². The third kappa shape index (κ3) is 3.16. The summed E-state index contributed by atoms with van der Waals surface area (Å²) in [6.07, 6.45) is 0.676. The Morgan fingerprint density at radius 2 is 2.00 bits per heavy atom. The van der Waals surface area contributed by atoms with Gasteiger partial charge in [-0.25, -0.2) is 0 Å². The van der Waals surface area contributed by atoms with E-state index in [2.05, 4.69) is 0 Å². The Bertz CT molecular complexity index is 394. The maximum Gasteiger partial charge on any atom is 0.503 e. The summed E-state index contributed by atoms with van der Waals surface area (Å²) in [5, 5.41) is 21.6. The summed E-state index contributed by atoms with van der Waals surface area (Å²) in [6, 6.07) is 1.62. The molecule has 0 spiro atoms. The van der Waals surface area contributed by atoms with Gasteiger partial charge in [0.25, 0.3) is 0 Å². The fourth-order valence-corrected chi connectivity index (χ4v) is 1.88. The molecule has 0 aliphatic rings. The van der Waals surface area contributed by atoms with Crippen molar-refractivity contribution in [2.45, 2.75) is 38.9 Å². The zero-order valence-electron chi connectivity index (χ0n) is 10.4. The lowest BCUT2D eigenvalue weighted by Crippen LogP contribution is -2.53. The minimum absolute atomic E-state index is 0.411. The van der Waals surface area contributed by atoms with E-state index in [9.17, 15) is 14.9 Å². The first kappa shape index (κ1) is 14.4. The quantitative estimate of drug-likeness (QED) is 0.604. The predicted octanol–water partition coefficient (Wildman–Crippen LogP) is 0.814. The van der Waals surface area contributed by atoms with Crippen molar-refractivity contribution in [3.8, 4) is 0 Å². The number of aldehydes is 1. The molecule has 0 radical (unpaired) electrons. The van der Waals surface area contributed by atoms with E-state index in [1.54, 1.807) is 39.1 Å². The maximum absolute atomic E-state index is 10.7. The number of carbonyl (C=O) groups is 1. The lowest BCUT2D eigenvalue weighted by molar-refractivity contribution is -0.0981. The van der Waals surface area contributed by atoms with E-state index in [0.29, 0.717) is 16.6 Å². The third-order valence-corrected chi connectivity index (χ3v) is 3.92. The van der Waals surface area contributed by atoms with Crippen LogP contribution in [0, 0.1) is 0 Å². The van der Waals surface area contributed by atoms with E-state index in [1.807, 2.05) is 0 Å². The van der Waals surface area contributed by atoms with Gasteiger partial charge in [0.15, 0.2) is 6.29 Å². The summed E-state index contributed by atoms with van der Waals surface area (Å²) in [5.74, 6) is 0. The van der Waals surface area contributed by atoms with E-state index in [4.69, 9.17) is 4.65 Å². The highest BCUT2D eigenvalue weighted by Gasteiger charge is 2.40. The average molecular weight is 256 g/mol. The van der Waals surface area contributed by atoms with Gasteiger partial charge in [-0.3, -0.25) is 4.79 Å². The molecule has 94 valence electrons. The Morgan fingerprint density at radius 1 is 1.41 bits per heavy atom. The minimum Gasteiger partial charge on any atom is -0.423 e. The Kier molecular flexibility index (Phi) is 4.14. The van der Waals surface area contributed by atoms with Crippen LogP contribution in [0.5, 0.6) is 0 Å². The lowest BCUT2D eigenvalue weighted by atomic mass is 9.80. The summed E-state index contributed by atoms with van der Waals surface area (Å²) < 4.78 is 5.90. The Balaban J connectivity index is 2.86. The van der Waals surface area contributed by atoms with Gasteiger partial charge in [0.1, 0.15) is 0 Å². The van der Waals surface area contributed by atoms with E-state index < -0.39 is 18.3 Å². The Hall–Kier alpha value is -0.685. The summed E-state index contributed by atoms with van der Waals surface area (Å²) in [6.45, 7) is 6.58. The molecule has 0 saturated carbocycles. The Labute approximate surface area is 105 Å². The van der Waals surface area contributed by atoms with Crippen molar-refractivity contribution >= 4 is 29.5 Å². The number of thiophene rings is 1. The molecule has 0 amide bonds. The molecule has 0 saturated heterocycles. The zero-order chi connectivity index (χ0) is 13.3. The summed E-state index contributed by atoms with van der Waals surface area (Å²) in [4.78, 5) is 10.7. The SMILES string of the molecule is CC(C)(O)C(C)(C)OB(O)c1sccc1C=O. The van der Waals surface area contributed by atoms with Crippen molar-refractivity contribution in [2.75, 3.05) is 0 Å². The van der Waals surface area contributed by atoms with Crippen LogP contribution in [0.25, 0.3) is 0 Å². The van der Waals surface area contributed by atoms with Crippen molar-refractivity contribution < 1.29 is 19.6 Å². The van der Waals surface area contributed by atoms with Crippen LogP contribution < -0.4 is 4.78 Å². The lowest BCUT2D eigenvalue weighted by Gasteiger charge is -2.38. The molecule has 0 aliphatic heterocycles. The first-order chi connectivity index (χ1) is 7.69. The van der Waals surface area contributed by atoms with Crippen LogP contribution in [0.2, 0.25) is 0 Å². The van der Waals surface area contributed by atoms with E-state index in [-0.39, 0.29) is 0 Å². The van der Waals surface area contributed by atoms with Crippen LogP contribution in [0.1, 0.15) is 38.1 Å². The molecule has 0 aliphatic carbocycles. The second-order valence-corrected chi connectivity index (χ2v) is 5.85. The van der Waals surface area contributed by atoms with Crippen LogP contribution in [0.15, 0.2) is 11.4 Å². The topological polar surface area (TPSA) is 66.8 Å². The first-order valence-electron chi connectivity index (χ1n) is 5.30. The molecule has 1 aromatic heterocycles. The molecule has 6 heteroatoms. The number of aliphatic hydroxyl groups is 1. The second kappa shape index (κ2) is 4.90. The second-order valence-electron chi connectivity index (χ2n) is 4.90. The van der Waals surface area contributed by atoms with E-state index in [1.165, 1.54) is 11.3 Å². The number of carbonyl (C=O) groups excluding carboxylic acids is 1. The highest BCUT2D eigenvalue weighted by atomic mass is 32.1. The van der Waals surface area contributed by atoms with Gasteiger partial charge in [-0.05, 0) is 39.1 Å². The summed E-state index contributed by atoms with van der Waals surface area (Å²) >= 11 is 1.25. The molecule has 1 aromatic rings. The summed E-state index contributed by atoms with van der Waals surface area (Å²) in [7, 11) is -1.21. The molecule has 0 bridgehead atoms. The van der Waals surface area contributed by atoms with Gasteiger partial charge in [-0.15, -0.1) is 0 Å². The van der Waals surface area contributed by atoms with Gasteiger partial charge in [0.05, 0.1) is 11.2 Å². The molecule has 1 rings (SSSR count). The van der Waals surface area contributed by atoms with Crippen LogP contribution in [0.4, 0.5) is 0 Å². The molecular formula is C11H17BO4S. The molecule has 1 heterocycles. The van der Waals surface area contributed by atoms with Gasteiger partial charge >= 0.3 is 7.12 Å². The van der Waals surface area contributed by atoms with Gasteiger partial charge in [0.2, 0.25) is 0 Å². The predicted molar refractivity (Wildman–Crippen MR) is 68.8 cm³/mol. The molecule has 4 nitrogen and oxygen atoms in total. The van der Waals surface area contributed by atoms with Crippen LogP contribution in [0.3, 0.4) is 0 Å². The van der Waals surface area contributed by atoms with E-state index in [0.717, 1.165) is 0 Å². The molecule has 2 N–H and O–H groups in total. The maximum atomic E-state index is 10.7. The van der Waals surface area contributed by atoms with Gasteiger partial charge in [-0.1, -0.05) is 0 Å². The Morgan fingerprint density at radius 3 is 2.47 bits per heavy atom. The van der Waals surface area contributed by atoms with Crippen LogP contribution in [-0.2, 0) is 4.65 Å². The van der Waals surface area contributed by atoms with Crippen molar-refractivity contribution in [1.29, 1.82) is 0 Å². The molecule has 0 unspecified atom stereocenters. The number of hydrogen-bond acceptors (Lipinski definition) is 5. The molecule has 0 atom stereocenters. The van der Waals surface area contributed by atoms with Gasteiger partial charge in [-0.2, -0.15) is 11.3 Å². The van der Waals surface area contributed by atoms with Crippen molar-refractivity contribution in [2.24, 2.45) is 0 Å². The third-order valence-electron chi connectivity index (χ3n) is 2.96. The largest absolute Gasteiger partial charge is 0.503 e. The number of hydrogen-bond donors (Lipinski definition) is 2. The van der Waals surface area contributed by atoms with E-state index >= 15 is 0 Å². The molecule has 0 aromatic carbocycles. The summed E-state index contributed by atoms with van der Waals surface area (Å²) in [5.41, 5.74) is -1.63. The molecule has 0 fully saturated rings. The first-order valence-corrected chi connectivity index (χ1v) is 6.18. The highest BCUT2D eigenvalue weighted by molar-refractivity contribution is 7.21. The van der Waals surface area contributed by atoms with Crippen molar-refractivity contribution in [3.63, 3.8) is 0 Å². The van der Waals surface area contributed by atoms with Crippen molar-refractivity contribution in [1.82, 2.24) is 0 Å². The smallest absolute Gasteiger partial charge is 0.423 e. The van der Waals surface area contributed by atoms with Gasteiger partial charge in [0, 0.05) is 10.3 Å². The number of rotatable bonds is 5. The van der Waals surface area contributed by atoms with Crippen molar-refractivity contribution in [3.05, 3.63) is 17.0 Å². The monoisotopic (exact) mass is 256 g/mol. The van der Waals surface area contributed by atoms with Crippen LogP contribution >= 0.6 is 11.3 Å². The normalized spacial score (nSPS) is 12.6. The minimum atomic E-state index is -1.21. The fourth-order valence-electron chi connectivity index (χ4n) is 1.11. The fraction of sp³-hybridized carbons (Fsp3) is 0.545. The average Bonchev–Trinajstić information content (AvgIpc) is 2.62. The molecular weight excluding hydrogens is 239 g/mol.